The normalized spacial score (nSPS) is 18.8. The number of rotatable bonds is 4. The topological polar surface area (TPSA) is 52.6 Å². The summed E-state index contributed by atoms with van der Waals surface area (Å²) in [6, 6.07) is 12.3. The van der Waals surface area contributed by atoms with Gasteiger partial charge in [0.25, 0.3) is 5.91 Å². The molecule has 2 saturated heterocycles. The van der Waals surface area contributed by atoms with Gasteiger partial charge in [-0.1, -0.05) is 37.3 Å². The minimum Gasteiger partial charge on any atom is -0.341 e. The van der Waals surface area contributed by atoms with E-state index < -0.39 is 0 Å². The number of benzene rings is 1. The Morgan fingerprint density at radius 2 is 1.69 bits per heavy atom. The molecule has 154 valence electrons. The summed E-state index contributed by atoms with van der Waals surface area (Å²) >= 11 is 0. The lowest BCUT2D eigenvalue weighted by Gasteiger charge is -2.35. The number of piperazine rings is 1. The summed E-state index contributed by atoms with van der Waals surface area (Å²) in [6.45, 7) is 10.4. The van der Waals surface area contributed by atoms with Crippen LogP contribution in [0.2, 0.25) is 0 Å². The van der Waals surface area contributed by atoms with Crippen LogP contribution in [0.1, 0.15) is 41.5 Å². The Kier molecular flexibility index (Phi) is 6.09. The van der Waals surface area contributed by atoms with Crippen molar-refractivity contribution in [3.8, 4) is 0 Å². The van der Waals surface area contributed by atoms with Gasteiger partial charge < -0.3 is 9.80 Å². The fourth-order valence-corrected chi connectivity index (χ4v) is 4.13. The first kappa shape index (κ1) is 19.8. The van der Waals surface area contributed by atoms with Crippen molar-refractivity contribution in [2.75, 3.05) is 44.2 Å². The molecule has 0 N–H and O–H groups in total. The zero-order chi connectivity index (χ0) is 20.2. The van der Waals surface area contributed by atoms with Crippen molar-refractivity contribution in [2.24, 2.45) is 5.92 Å². The number of hydrogen-bond acceptors (Lipinski definition) is 5. The second-order valence-corrected chi connectivity index (χ2v) is 8.42. The molecule has 2 aliphatic heterocycles. The van der Waals surface area contributed by atoms with Crippen molar-refractivity contribution in [2.45, 2.75) is 33.2 Å². The van der Waals surface area contributed by atoms with Gasteiger partial charge in [-0.25, -0.2) is 9.97 Å². The summed E-state index contributed by atoms with van der Waals surface area (Å²) in [5.74, 6) is 1.49. The number of amides is 1. The maximum absolute atomic E-state index is 13.1. The van der Waals surface area contributed by atoms with E-state index in [0.29, 0.717) is 11.6 Å². The number of aryl methyl sites for hydroxylation is 1. The number of anilines is 1. The monoisotopic (exact) mass is 393 g/mol. The third-order valence-electron chi connectivity index (χ3n) is 6.04. The summed E-state index contributed by atoms with van der Waals surface area (Å²) in [6.07, 6.45) is 2.31. The minimum atomic E-state index is 0.0292. The molecule has 3 heterocycles. The van der Waals surface area contributed by atoms with Crippen molar-refractivity contribution >= 4 is 11.9 Å². The van der Waals surface area contributed by atoms with Crippen LogP contribution in [0, 0.1) is 12.8 Å². The molecule has 1 amide bonds. The maximum atomic E-state index is 13.1. The second kappa shape index (κ2) is 8.91. The molecule has 0 spiro atoms. The fourth-order valence-electron chi connectivity index (χ4n) is 4.13. The molecule has 0 aliphatic carbocycles. The maximum Gasteiger partial charge on any atom is 0.272 e. The second-order valence-electron chi connectivity index (χ2n) is 8.42. The van der Waals surface area contributed by atoms with Gasteiger partial charge in [-0.05, 0) is 37.3 Å². The van der Waals surface area contributed by atoms with Crippen LogP contribution in [0.3, 0.4) is 0 Å². The van der Waals surface area contributed by atoms with Gasteiger partial charge in [0, 0.05) is 51.5 Å². The molecule has 0 atom stereocenters. The molecule has 2 fully saturated rings. The molecule has 2 aliphatic rings. The third-order valence-corrected chi connectivity index (χ3v) is 6.04. The number of hydrogen-bond donors (Lipinski definition) is 0. The zero-order valence-electron chi connectivity index (χ0n) is 17.5. The van der Waals surface area contributed by atoms with E-state index in [9.17, 15) is 4.79 Å². The molecule has 4 rings (SSSR count). The zero-order valence-corrected chi connectivity index (χ0v) is 17.5. The number of nitrogens with zero attached hydrogens (tertiary/aromatic N) is 5. The molecule has 0 radical (unpaired) electrons. The van der Waals surface area contributed by atoms with Gasteiger partial charge in [-0.15, -0.1) is 0 Å². The standard InChI is InChI=1S/C23H31N5O/c1-18-8-10-28(11-9-18)23-24-19(2)16-21(25-23)22(29)27-14-12-26(13-15-27)17-20-6-4-3-5-7-20/h3-7,16,18H,8-15,17H2,1-2H3. The van der Waals surface area contributed by atoms with E-state index in [1.165, 1.54) is 5.56 Å². The average molecular weight is 394 g/mol. The van der Waals surface area contributed by atoms with Gasteiger partial charge >= 0.3 is 0 Å². The number of piperidine rings is 1. The number of carbonyl (C=O) groups is 1. The van der Waals surface area contributed by atoms with Crippen molar-refractivity contribution in [3.63, 3.8) is 0 Å². The summed E-state index contributed by atoms with van der Waals surface area (Å²) < 4.78 is 0. The summed E-state index contributed by atoms with van der Waals surface area (Å²) in [7, 11) is 0. The smallest absolute Gasteiger partial charge is 0.272 e. The predicted molar refractivity (Wildman–Crippen MR) is 115 cm³/mol. The highest BCUT2D eigenvalue weighted by Crippen LogP contribution is 2.21. The first-order valence-corrected chi connectivity index (χ1v) is 10.7. The van der Waals surface area contributed by atoms with Gasteiger partial charge in [0.2, 0.25) is 5.95 Å². The lowest BCUT2D eigenvalue weighted by atomic mass is 10.00. The Labute approximate surface area is 173 Å². The van der Waals surface area contributed by atoms with E-state index >= 15 is 0 Å². The van der Waals surface area contributed by atoms with Crippen LogP contribution in [0.5, 0.6) is 0 Å². The van der Waals surface area contributed by atoms with Crippen molar-refractivity contribution in [3.05, 3.63) is 53.3 Å². The van der Waals surface area contributed by atoms with Crippen molar-refractivity contribution < 1.29 is 4.79 Å². The molecule has 6 heteroatoms. The van der Waals surface area contributed by atoms with Crippen LogP contribution in [0.15, 0.2) is 36.4 Å². The van der Waals surface area contributed by atoms with Gasteiger partial charge in [0.05, 0.1) is 0 Å². The Balaban J connectivity index is 1.38. The number of carbonyl (C=O) groups excluding carboxylic acids is 1. The predicted octanol–water partition coefficient (Wildman–Crippen LogP) is 2.98. The van der Waals surface area contributed by atoms with Crippen LogP contribution in [0.4, 0.5) is 5.95 Å². The molecule has 0 saturated carbocycles. The van der Waals surface area contributed by atoms with Crippen LogP contribution in [-0.2, 0) is 6.54 Å². The molecule has 1 aromatic heterocycles. The Morgan fingerprint density at radius 1 is 1.00 bits per heavy atom. The molecule has 6 nitrogen and oxygen atoms in total. The van der Waals surface area contributed by atoms with Crippen molar-refractivity contribution in [1.82, 2.24) is 19.8 Å². The molecule has 1 aromatic carbocycles. The van der Waals surface area contributed by atoms with Gasteiger partial charge in [-0.3, -0.25) is 9.69 Å². The highest BCUT2D eigenvalue weighted by Gasteiger charge is 2.25. The van der Waals surface area contributed by atoms with E-state index in [1.54, 1.807) is 0 Å². The molecular formula is C23H31N5O. The highest BCUT2D eigenvalue weighted by molar-refractivity contribution is 5.92. The lowest BCUT2D eigenvalue weighted by molar-refractivity contribution is 0.0622. The third kappa shape index (κ3) is 4.93. The van der Waals surface area contributed by atoms with E-state index in [2.05, 4.69) is 51.0 Å². The van der Waals surface area contributed by atoms with Crippen LogP contribution >= 0.6 is 0 Å². The SMILES string of the molecule is Cc1cc(C(=O)N2CCN(Cc3ccccc3)CC2)nc(N2CCC(C)CC2)n1. The van der Waals surface area contributed by atoms with Gasteiger partial charge in [0.15, 0.2) is 0 Å². The summed E-state index contributed by atoms with van der Waals surface area (Å²) in [5, 5.41) is 0. The van der Waals surface area contributed by atoms with Crippen molar-refractivity contribution in [1.29, 1.82) is 0 Å². The van der Waals surface area contributed by atoms with E-state index in [4.69, 9.17) is 0 Å². The lowest BCUT2D eigenvalue weighted by Crippen LogP contribution is -2.48. The van der Waals surface area contributed by atoms with E-state index in [-0.39, 0.29) is 5.91 Å². The molecule has 0 unspecified atom stereocenters. The van der Waals surface area contributed by atoms with Gasteiger partial charge in [-0.2, -0.15) is 0 Å². The fraction of sp³-hybridized carbons (Fsp3) is 0.522. The average Bonchev–Trinajstić information content (AvgIpc) is 2.74. The molecule has 0 bridgehead atoms. The first-order valence-electron chi connectivity index (χ1n) is 10.7. The van der Waals surface area contributed by atoms with Crippen LogP contribution in [0.25, 0.3) is 0 Å². The highest BCUT2D eigenvalue weighted by atomic mass is 16.2. The first-order chi connectivity index (χ1) is 14.1. The van der Waals surface area contributed by atoms with Crippen LogP contribution < -0.4 is 4.90 Å². The Hall–Kier alpha value is -2.47. The molecule has 2 aromatic rings. The summed E-state index contributed by atoms with van der Waals surface area (Å²) in [5.41, 5.74) is 2.71. The van der Waals surface area contributed by atoms with E-state index in [0.717, 1.165) is 70.3 Å². The largest absolute Gasteiger partial charge is 0.341 e. The Morgan fingerprint density at radius 3 is 2.38 bits per heavy atom. The quantitative estimate of drug-likeness (QED) is 0.799. The van der Waals surface area contributed by atoms with E-state index in [1.807, 2.05) is 24.0 Å². The van der Waals surface area contributed by atoms with Gasteiger partial charge in [0.1, 0.15) is 5.69 Å². The minimum absolute atomic E-state index is 0.0292. The molecular weight excluding hydrogens is 362 g/mol. The molecule has 29 heavy (non-hydrogen) atoms. The Bertz CT molecular complexity index is 824. The number of aromatic nitrogens is 2. The van der Waals surface area contributed by atoms with Crippen LogP contribution in [-0.4, -0.2) is 64.9 Å². The summed E-state index contributed by atoms with van der Waals surface area (Å²) in [4.78, 5) is 28.9.